The molecular weight excluding hydrogens is 280 g/mol. The first-order valence-electron chi connectivity index (χ1n) is 7.35. The molecule has 3 rings (SSSR count). The van der Waals surface area contributed by atoms with Crippen molar-refractivity contribution in [2.75, 3.05) is 5.32 Å². The average Bonchev–Trinajstić information content (AvgIpc) is 3.08. The zero-order chi connectivity index (χ0) is 16.0. The van der Waals surface area contributed by atoms with Crippen LogP contribution in [0.4, 0.5) is 5.69 Å². The standard InChI is InChI=1S/C17H20N2O3/c1-8-6-9(2)13(10(3)7-8)15-17(21-15)16-14(18-12(5)20)11(4)19-22-16/h6-7,15,17H,1-5H3,(H,18,20)/t15-,17+/m0/s1. The van der Waals surface area contributed by atoms with Crippen LogP contribution in [-0.2, 0) is 9.53 Å². The van der Waals surface area contributed by atoms with Gasteiger partial charge in [0.25, 0.3) is 0 Å². The van der Waals surface area contributed by atoms with E-state index in [2.05, 4.69) is 43.4 Å². The van der Waals surface area contributed by atoms with Gasteiger partial charge in [0.1, 0.15) is 17.5 Å². The zero-order valence-electron chi connectivity index (χ0n) is 13.5. The van der Waals surface area contributed by atoms with E-state index in [1.54, 1.807) is 6.92 Å². The Morgan fingerprint density at radius 2 is 1.77 bits per heavy atom. The summed E-state index contributed by atoms with van der Waals surface area (Å²) in [4.78, 5) is 11.3. The van der Waals surface area contributed by atoms with E-state index < -0.39 is 0 Å². The fourth-order valence-electron chi connectivity index (χ4n) is 3.08. The van der Waals surface area contributed by atoms with Crippen LogP contribution in [0.25, 0.3) is 0 Å². The summed E-state index contributed by atoms with van der Waals surface area (Å²) in [5.74, 6) is 0.449. The third-order valence-corrected chi connectivity index (χ3v) is 3.96. The normalized spacial score (nSPS) is 20.0. The van der Waals surface area contributed by atoms with Crippen molar-refractivity contribution in [3.8, 4) is 0 Å². The lowest BCUT2D eigenvalue weighted by Gasteiger charge is -2.08. The molecule has 0 bridgehead atoms. The third kappa shape index (κ3) is 2.52. The molecular formula is C17H20N2O3. The molecule has 0 saturated carbocycles. The Bertz CT molecular complexity index is 725. The molecule has 1 aromatic heterocycles. The number of amides is 1. The van der Waals surface area contributed by atoms with E-state index >= 15 is 0 Å². The number of aryl methyl sites for hydroxylation is 4. The van der Waals surface area contributed by atoms with Gasteiger partial charge in [-0.3, -0.25) is 4.79 Å². The second kappa shape index (κ2) is 5.25. The number of rotatable bonds is 3. The van der Waals surface area contributed by atoms with Gasteiger partial charge < -0.3 is 14.6 Å². The van der Waals surface area contributed by atoms with Crippen molar-refractivity contribution in [2.24, 2.45) is 0 Å². The summed E-state index contributed by atoms with van der Waals surface area (Å²) in [6.07, 6.45) is -0.233. The molecule has 116 valence electrons. The summed E-state index contributed by atoms with van der Waals surface area (Å²) in [6, 6.07) is 4.31. The topological polar surface area (TPSA) is 67.7 Å². The molecule has 2 atom stereocenters. The molecule has 5 nitrogen and oxygen atoms in total. The number of carbonyl (C=O) groups excluding carboxylic acids is 1. The number of benzene rings is 1. The van der Waals surface area contributed by atoms with Crippen LogP contribution >= 0.6 is 0 Å². The first kappa shape index (κ1) is 14.8. The molecule has 22 heavy (non-hydrogen) atoms. The average molecular weight is 300 g/mol. The van der Waals surface area contributed by atoms with Crippen LogP contribution in [0.5, 0.6) is 0 Å². The molecule has 1 amide bonds. The van der Waals surface area contributed by atoms with E-state index in [4.69, 9.17) is 9.26 Å². The summed E-state index contributed by atoms with van der Waals surface area (Å²) in [5, 5.41) is 6.73. The maximum absolute atomic E-state index is 11.3. The molecule has 0 spiro atoms. The third-order valence-electron chi connectivity index (χ3n) is 3.96. The quantitative estimate of drug-likeness (QED) is 0.878. The Morgan fingerprint density at radius 3 is 2.36 bits per heavy atom. The minimum atomic E-state index is -0.192. The van der Waals surface area contributed by atoms with E-state index in [0.29, 0.717) is 17.1 Å². The fourth-order valence-corrected chi connectivity index (χ4v) is 3.08. The molecule has 2 heterocycles. The van der Waals surface area contributed by atoms with Crippen LogP contribution in [0.3, 0.4) is 0 Å². The van der Waals surface area contributed by atoms with Gasteiger partial charge in [0.2, 0.25) is 5.91 Å². The van der Waals surface area contributed by atoms with Crippen molar-refractivity contribution >= 4 is 11.6 Å². The van der Waals surface area contributed by atoms with Gasteiger partial charge in [-0.1, -0.05) is 22.9 Å². The number of ether oxygens (including phenoxy) is 1. The minimum Gasteiger partial charge on any atom is -0.356 e. The lowest BCUT2D eigenvalue weighted by molar-refractivity contribution is -0.114. The number of hydrogen-bond acceptors (Lipinski definition) is 4. The van der Waals surface area contributed by atoms with Crippen molar-refractivity contribution in [2.45, 2.75) is 46.8 Å². The first-order valence-corrected chi connectivity index (χ1v) is 7.35. The minimum absolute atomic E-state index is 0.0412. The molecule has 0 aliphatic carbocycles. The predicted molar refractivity (Wildman–Crippen MR) is 82.8 cm³/mol. The highest BCUT2D eigenvalue weighted by Crippen LogP contribution is 2.54. The summed E-state index contributed by atoms with van der Waals surface area (Å²) in [7, 11) is 0. The van der Waals surface area contributed by atoms with Crippen molar-refractivity contribution in [3.63, 3.8) is 0 Å². The highest BCUT2D eigenvalue weighted by molar-refractivity contribution is 5.89. The smallest absolute Gasteiger partial charge is 0.221 e. The number of aromatic nitrogens is 1. The Balaban J connectivity index is 1.91. The number of carbonyl (C=O) groups is 1. The Hall–Kier alpha value is -2.14. The van der Waals surface area contributed by atoms with Gasteiger partial charge in [0.05, 0.1) is 0 Å². The fraction of sp³-hybridized carbons (Fsp3) is 0.412. The highest BCUT2D eigenvalue weighted by Gasteiger charge is 2.47. The molecule has 1 saturated heterocycles. The van der Waals surface area contributed by atoms with Gasteiger partial charge in [-0.15, -0.1) is 0 Å². The van der Waals surface area contributed by atoms with Crippen LogP contribution in [0.1, 0.15) is 52.8 Å². The Labute approximate surface area is 129 Å². The first-order chi connectivity index (χ1) is 10.4. The predicted octanol–water partition coefficient (Wildman–Crippen LogP) is 3.68. The molecule has 1 aromatic carbocycles. The van der Waals surface area contributed by atoms with Crippen LogP contribution < -0.4 is 5.32 Å². The number of nitrogens with one attached hydrogen (secondary N) is 1. The lowest BCUT2D eigenvalue weighted by Crippen LogP contribution is -2.07. The number of nitrogens with zero attached hydrogens (tertiary/aromatic N) is 1. The second-order valence-corrected chi connectivity index (χ2v) is 5.98. The van der Waals surface area contributed by atoms with Gasteiger partial charge in [-0.2, -0.15) is 0 Å². The highest BCUT2D eigenvalue weighted by atomic mass is 16.6. The number of anilines is 1. The summed E-state index contributed by atoms with van der Waals surface area (Å²) in [5.41, 5.74) is 6.15. The number of hydrogen-bond donors (Lipinski definition) is 1. The lowest BCUT2D eigenvalue weighted by atomic mass is 9.95. The van der Waals surface area contributed by atoms with E-state index in [1.165, 1.54) is 29.2 Å². The van der Waals surface area contributed by atoms with Crippen molar-refractivity contribution in [1.82, 2.24) is 5.16 Å². The zero-order valence-corrected chi connectivity index (χ0v) is 13.5. The van der Waals surface area contributed by atoms with Crippen molar-refractivity contribution in [1.29, 1.82) is 0 Å². The summed E-state index contributed by atoms with van der Waals surface area (Å²) < 4.78 is 11.2. The molecule has 1 aliphatic heterocycles. The van der Waals surface area contributed by atoms with Crippen LogP contribution in [0.2, 0.25) is 0 Å². The Morgan fingerprint density at radius 1 is 1.14 bits per heavy atom. The monoisotopic (exact) mass is 300 g/mol. The second-order valence-electron chi connectivity index (χ2n) is 5.98. The molecule has 5 heteroatoms. The number of epoxide rings is 1. The maximum atomic E-state index is 11.3. The molecule has 1 aliphatic rings. The molecule has 0 unspecified atom stereocenters. The summed E-state index contributed by atoms with van der Waals surface area (Å²) >= 11 is 0. The van der Waals surface area contributed by atoms with Crippen LogP contribution in [0.15, 0.2) is 16.7 Å². The van der Waals surface area contributed by atoms with Gasteiger partial charge in [-0.25, -0.2) is 0 Å². The molecule has 1 fully saturated rings. The van der Waals surface area contributed by atoms with E-state index in [-0.39, 0.29) is 18.1 Å². The van der Waals surface area contributed by atoms with Gasteiger partial charge in [0.15, 0.2) is 11.9 Å². The molecule has 1 N–H and O–H groups in total. The van der Waals surface area contributed by atoms with Crippen molar-refractivity contribution in [3.05, 3.63) is 45.8 Å². The van der Waals surface area contributed by atoms with Gasteiger partial charge in [0, 0.05) is 6.92 Å². The molecule has 2 aromatic rings. The Kier molecular flexibility index (Phi) is 3.53. The SMILES string of the molecule is CC(=O)Nc1c(C)noc1[C@@H]1O[C@H]1c1c(C)cc(C)cc1C. The largest absolute Gasteiger partial charge is 0.356 e. The van der Waals surface area contributed by atoms with Crippen LogP contribution in [-0.4, -0.2) is 11.1 Å². The van der Waals surface area contributed by atoms with Crippen LogP contribution in [0, 0.1) is 27.7 Å². The van der Waals surface area contributed by atoms with E-state index in [0.717, 1.165) is 0 Å². The maximum Gasteiger partial charge on any atom is 0.221 e. The van der Waals surface area contributed by atoms with E-state index in [9.17, 15) is 4.79 Å². The summed E-state index contributed by atoms with van der Waals surface area (Å²) in [6.45, 7) is 9.54. The van der Waals surface area contributed by atoms with E-state index in [1.807, 2.05) is 0 Å². The van der Waals surface area contributed by atoms with Gasteiger partial charge in [-0.05, 0) is 44.4 Å². The van der Waals surface area contributed by atoms with Crippen molar-refractivity contribution < 1.29 is 14.1 Å². The molecule has 0 radical (unpaired) electrons. The van der Waals surface area contributed by atoms with Gasteiger partial charge >= 0.3 is 0 Å².